The Hall–Kier alpha value is -2.54. The fourth-order valence-electron chi connectivity index (χ4n) is 2.24. The predicted molar refractivity (Wildman–Crippen MR) is 78.0 cm³/mol. The summed E-state index contributed by atoms with van der Waals surface area (Å²) < 4.78 is 9.97. The Morgan fingerprint density at radius 1 is 1.32 bits per heavy atom. The number of esters is 1. The van der Waals surface area contributed by atoms with E-state index in [2.05, 4.69) is 17.2 Å². The zero-order valence-electron chi connectivity index (χ0n) is 12.2. The zero-order valence-corrected chi connectivity index (χ0v) is 12.2. The number of carbonyl (C=O) groups excluding carboxylic acids is 2. The first-order chi connectivity index (χ1) is 10.5. The van der Waals surface area contributed by atoms with Gasteiger partial charge in [-0.1, -0.05) is 18.7 Å². The van der Waals surface area contributed by atoms with E-state index in [0.29, 0.717) is 5.56 Å². The van der Waals surface area contributed by atoms with Crippen LogP contribution in [0.3, 0.4) is 0 Å². The van der Waals surface area contributed by atoms with Gasteiger partial charge in [-0.05, 0) is 17.7 Å². The van der Waals surface area contributed by atoms with Crippen molar-refractivity contribution < 1.29 is 24.2 Å². The smallest absolute Gasteiger partial charge is 0.319 e. The molecule has 0 radical (unpaired) electrons. The Balaban J connectivity index is 2.21. The lowest BCUT2D eigenvalue weighted by atomic mass is 9.89. The van der Waals surface area contributed by atoms with Crippen LogP contribution in [0.25, 0.3) is 0 Å². The number of ether oxygens (including phenoxy) is 2. The van der Waals surface area contributed by atoms with Crippen molar-refractivity contribution in [3.63, 3.8) is 0 Å². The molecule has 1 aromatic rings. The Morgan fingerprint density at radius 3 is 2.64 bits per heavy atom. The SMILES string of the molecule is C=C1NC(=O)N[C@@H](c2ccc(O)cc2)[C@@H]1C(=O)OCCOC. The number of phenolic OH excluding ortho intramolecular Hbond substituents is 1. The van der Waals surface area contributed by atoms with Gasteiger partial charge in [-0.15, -0.1) is 0 Å². The maximum atomic E-state index is 12.3. The molecule has 2 atom stereocenters. The van der Waals surface area contributed by atoms with Gasteiger partial charge < -0.3 is 25.2 Å². The second kappa shape index (κ2) is 6.95. The highest BCUT2D eigenvalue weighted by Gasteiger charge is 2.38. The fraction of sp³-hybridized carbons (Fsp3) is 0.333. The summed E-state index contributed by atoms with van der Waals surface area (Å²) in [6, 6.07) is 5.18. The molecule has 7 nitrogen and oxygen atoms in total. The molecule has 0 spiro atoms. The van der Waals surface area contributed by atoms with E-state index in [-0.39, 0.29) is 24.7 Å². The van der Waals surface area contributed by atoms with Gasteiger partial charge in [0.15, 0.2) is 0 Å². The minimum atomic E-state index is -0.765. The maximum absolute atomic E-state index is 12.3. The van der Waals surface area contributed by atoms with Gasteiger partial charge in [0.2, 0.25) is 0 Å². The number of benzene rings is 1. The van der Waals surface area contributed by atoms with Crippen LogP contribution in [0.1, 0.15) is 11.6 Å². The average Bonchev–Trinajstić information content (AvgIpc) is 2.47. The molecule has 1 fully saturated rings. The van der Waals surface area contributed by atoms with E-state index in [1.807, 2.05) is 0 Å². The van der Waals surface area contributed by atoms with Gasteiger partial charge in [0.25, 0.3) is 0 Å². The van der Waals surface area contributed by atoms with Crippen LogP contribution in [0.4, 0.5) is 4.79 Å². The number of rotatable bonds is 5. The van der Waals surface area contributed by atoms with E-state index in [9.17, 15) is 14.7 Å². The first-order valence-electron chi connectivity index (χ1n) is 6.73. The van der Waals surface area contributed by atoms with Crippen molar-refractivity contribution >= 4 is 12.0 Å². The van der Waals surface area contributed by atoms with Crippen LogP contribution in [0.5, 0.6) is 5.75 Å². The zero-order chi connectivity index (χ0) is 16.1. The highest BCUT2D eigenvalue weighted by molar-refractivity contribution is 5.85. The predicted octanol–water partition coefficient (Wildman–Crippen LogP) is 1.07. The maximum Gasteiger partial charge on any atom is 0.319 e. The standard InChI is InChI=1S/C15H18N2O5/c1-9-12(14(19)22-8-7-21-2)13(17-15(20)16-9)10-3-5-11(18)6-4-10/h3-6,12-13,18H,1,7-8H2,2H3,(H2,16,17,20)/t12-,13+/m1/s1. The third kappa shape index (κ3) is 3.56. The number of phenols is 1. The number of amides is 2. The molecule has 0 bridgehead atoms. The first kappa shape index (κ1) is 15.8. The van der Waals surface area contributed by atoms with Gasteiger partial charge >= 0.3 is 12.0 Å². The van der Waals surface area contributed by atoms with Crippen LogP contribution < -0.4 is 10.6 Å². The quantitative estimate of drug-likeness (QED) is 0.558. The van der Waals surface area contributed by atoms with Gasteiger partial charge in [-0.2, -0.15) is 0 Å². The summed E-state index contributed by atoms with van der Waals surface area (Å²) in [6.45, 7) is 4.14. The molecule has 0 unspecified atom stereocenters. The van der Waals surface area contributed by atoms with Gasteiger partial charge in [0, 0.05) is 12.8 Å². The van der Waals surface area contributed by atoms with E-state index in [1.54, 1.807) is 12.1 Å². The van der Waals surface area contributed by atoms with Gasteiger partial charge in [0.1, 0.15) is 18.3 Å². The van der Waals surface area contributed by atoms with Crippen molar-refractivity contribution in [2.24, 2.45) is 5.92 Å². The van der Waals surface area contributed by atoms with Crippen LogP contribution in [-0.2, 0) is 14.3 Å². The minimum absolute atomic E-state index is 0.0991. The van der Waals surface area contributed by atoms with E-state index < -0.39 is 24.0 Å². The topological polar surface area (TPSA) is 96.9 Å². The molecular weight excluding hydrogens is 288 g/mol. The molecule has 22 heavy (non-hydrogen) atoms. The summed E-state index contributed by atoms with van der Waals surface area (Å²) in [5, 5.41) is 14.5. The normalized spacial score (nSPS) is 21.0. The lowest BCUT2D eigenvalue weighted by Crippen LogP contribution is -2.51. The molecule has 118 valence electrons. The molecule has 3 N–H and O–H groups in total. The third-order valence-electron chi connectivity index (χ3n) is 3.31. The van der Waals surface area contributed by atoms with Crippen molar-refractivity contribution in [1.82, 2.24) is 10.6 Å². The van der Waals surface area contributed by atoms with Gasteiger partial charge in [-0.3, -0.25) is 4.79 Å². The molecule has 0 saturated carbocycles. The van der Waals surface area contributed by atoms with E-state index in [1.165, 1.54) is 19.2 Å². The molecule has 1 saturated heterocycles. The molecule has 1 heterocycles. The van der Waals surface area contributed by atoms with Crippen molar-refractivity contribution in [3.8, 4) is 5.75 Å². The minimum Gasteiger partial charge on any atom is -0.508 e. The number of hydrogen-bond acceptors (Lipinski definition) is 5. The van der Waals surface area contributed by atoms with Gasteiger partial charge in [0.05, 0.1) is 12.6 Å². The number of methoxy groups -OCH3 is 1. The molecule has 7 heteroatoms. The van der Waals surface area contributed by atoms with Crippen LogP contribution in [0.2, 0.25) is 0 Å². The summed E-state index contributed by atoms with van der Waals surface area (Å²) >= 11 is 0. The molecule has 1 aromatic carbocycles. The highest BCUT2D eigenvalue weighted by Crippen LogP contribution is 2.31. The molecule has 1 aliphatic rings. The summed E-state index contributed by atoms with van der Waals surface area (Å²) in [7, 11) is 1.51. The number of aromatic hydroxyl groups is 1. The molecule has 1 aliphatic heterocycles. The molecule has 0 aliphatic carbocycles. The molecular formula is C15H18N2O5. The summed E-state index contributed by atoms with van der Waals surface area (Å²) in [5.41, 5.74) is 0.937. The lowest BCUT2D eigenvalue weighted by Gasteiger charge is -2.33. The van der Waals surface area contributed by atoms with Crippen LogP contribution in [0.15, 0.2) is 36.5 Å². The largest absolute Gasteiger partial charge is 0.508 e. The molecule has 2 amide bonds. The van der Waals surface area contributed by atoms with Crippen LogP contribution >= 0.6 is 0 Å². The Kier molecular flexibility index (Phi) is 5.00. The molecule has 2 rings (SSSR count). The second-order valence-electron chi connectivity index (χ2n) is 4.83. The van der Waals surface area contributed by atoms with Crippen molar-refractivity contribution in [2.45, 2.75) is 6.04 Å². The number of carbonyl (C=O) groups is 2. The van der Waals surface area contributed by atoms with Crippen molar-refractivity contribution in [3.05, 3.63) is 42.1 Å². The van der Waals surface area contributed by atoms with E-state index >= 15 is 0 Å². The Bertz CT molecular complexity index is 570. The monoisotopic (exact) mass is 306 g/mol. The lowest BCUT2D eigenvalue weighted by molar-refractivity contribution is -0.149. The Labute approximate surface area is 127 Å². The number of nitrogens with one attached hydrogen (secondary N) is 2. The molecule has 0 aromatic heterocycles. The van der Waals surface area contributed by atoms with Crippen molar-refractivity contribution in [2.75, 3.05) is 20.3 Å². The number of urea groups is 1. The van der Waals surface area contributed by atoms with E-state index in [4.69, 9.17) is 9.47 Å². The third-order valence-corrected chi connectivity index (χ3v) is 3.31. The summed E-state index contributed by atoms with van der Waals surface area (Å²) in [4.78, 5) is 23.9. The highest BCUT2D eigenvalue weighted by atomic mass is 16.6. The summed E-state index contributed by atoms with van der Waals surface area (Å²) in [5.74, 6) is -1.17. The van der Waals surface area contributed by atoms with Crippen LogP contribution in [0, 0.1) is 5.92 Å². The van der Waals surface area contributed by atoms with E-state index in [0.717, 1.165) is 0 Å². The number of hydrogen-bond donors (Lipinski definition) is 3. The Morgan fingerprint density at radius 2 is 2.00 bits per heavy atom. The fourth-order valence-corrected chi connectivity index (χ4v) is 2.24. The average molecular weight is 306 g/mol. The summed E-state index contributed by atoms with van der Waals surface area (Å²) in [6.07, 6.45) is 0. The first-order valence-corrected chi connectivity index (χ1v) is 6.73. The van der Waals surface area contributed by atoms with Gasteiger partial charge in [-0.25, -0.2) is 4.79 Å². The van der Waals surface area contributed by atoms with Crippen LogP contribution in [-0.4, -0.2) is 37.4 Å². The van der Waals surface area contributed by atoms with Crippen molar-refractivity contribution in [1.29, 1.82) is 0 Å². The second-order valence-corrected chi connectivity index (χ2v) is 4.83.